The predicted molar refractivity (Wildman–Crippen MR) is 313 cm³/mol. The number of piperidine rings is 1. The molecule has 22 nitrogen and oxygen atoms in total. The number of rotatable bonds is 26. The van der Waals surface area contributed by atoms with Crippen LogP contribution in [0.3, 0.4) is 0 Å². The number of aryl methyl sites for hydroxylation is 1. The van der Waals surface area contributed by atoms with Gasteiger partial charge in [-0.3, -0.25) is 43.6 Å². The molecule has 82 heavy (non-hydrogen) atoms. The third-order valence-corrected chi connectivity index (χ3v) is 16.0. The summed E-state index contributed by atoms with van der Waals surface area (Å²) in [7, 11) is 0. The van der Waals surface area contributed by atoms with Gasteiger partial charge >= 0.3 is 17.9 Å². The maximum absolute atomic E-state index is 15.1. The number of aromatic amines is 1. The molecular formula is C58H84ClFN12O10. The number of halogens is 2. The van der Waals surface area contributed by atoms with E-state index >= 15 is 4.39 Å². The van der Waals surface area contributed by atoms with E-state index in [4.69, 9.17) is 36.8 Å². The fourth-order valence-corrected chi connectivity index (χ4v) is 10.9. The predicted octanol–water partition coefficient (Wildman–Crippen LogP) is 4.62. The van der Waals surface area contributed by atoms with Crippen LogP contribution in [0.1, 0.15) is 71.8 Å². The average molecular weight is 1160 g/mol. The Morgan fingerprint density at radius 1 is 0.780 bits per heavy atom. The molecule has 1 unspecified atom stereocenters. The van der Waals surface area contributed by atoms with Gasteiger partial charge in [-0.15, -0.1) is 0 Å². The molecule has 0 saturated carbocycles. The quantitative estimate of drug-likeness (QED) is 0.0423. The number of carbonyl (C=O) groups is 5. The van der Waals surface area contributed by atoms with E-state index in [1.807, 2.05) is 49.2 Å². The summed E-state index contributed by atoms with van der Waals surface area (Å²) in [5, 5.41) is 35.2. The number of benzene rings is 2. The van der Waals surface area contributed by atoms with Gasteiger partial charge in [0, 0.05) is 128 Å². The van der Waals surface area contributed by atoms with Crippen LogP contribution in [0, 0.1) is 18.2 Å². The van der Waals surface area contributed by atoms with Crippen LogP contribution in [-0.2, 0) is 33.4 Å². The zero-order chi connectivity index (χ0) is 59.1. The number of nitrogens with two attached hydrogens (primary N) is 1. The molecule has 3 aliphatic heterocycles. The number of pyridine rings is 1. The minimum Gasteiger partial charge on any atom is -0.480 e. The Balaban J connectivity index is 0.873. The molecule has 2 aromatic carbocycles. The zero-order valence-electron chi connectivity index (χ0n) is 48.2. The number of hydrogen-bond acceptors (Lipinski definition) is 16. The first kappa shape index (κ1) is 63.5. The van der Waals surface area contributed by atoms with Crippen LogP contribution in [0.15, 0.2) is 42.6 Å². The van der Waals surface area contributed by atoms with Crippen molar-refractivity contribution in [2.24, 2.45) is 11.1 Å². The molecule has 24 heteroatoms. The molecule has 450 valence electrons. The van der Waals surface area contributed by atoms with Crippen LogP contribution >= 0.6 is 11.6 Å². The molecule has 2 amide bonds. The Labute approximate surface area is 484 Å². The lowest BCUT2D eigenvalue weighted by Gasteiger charge is -2.43. The van der Waals surface area contributed by atoms with Gasteiger partial charge in [0.25, 0.3) is 0 Å². The second-order valence-electron chi connectivity index (χ2n) is 23.2. The molecule has 1 atom stereocenters. The van der Waals surface area contributed by atoms with Crippen LogP contribution in [0.4, 0.5) is 15.9 Å². The first-order valence-electron chi connectivity index (χ1n) is 28.6. The van der Waals surface area contributed by atoms with Crippen LogP contribution in [0.2, 0.25) is 5.02 Å². The number of fused-ring (bicyclic) bond motifs is 1. The second kappa shape index (κ2) is 29.5. The molecule has 3 aliphatic rings. The van der Waals surface area contributed by atoms with Gasteiger partial charge in [-0.25, -0.2) is 14.4 Å². The van der Waals surface area contributed by atoms with Gasteiger partial charge < -0.3 is 55.9 Å². The Morgan fingerprint density at radius 3 is 1.95 bits per heavy atom. The highest BCUT2D eigenvalue weighted by atomic mass is 35.5. The fraction of sp³-hybridized carbons (Fsp3) is 0.603. The number of nitrogens with zero attached hydrogens (tertiary/aromatic N) is 8. The number of carboxylic acid groups (broad SMARTS) is 3. The van der Waals surface area contributed by atoms with E-state index in [1.165, 1.54) is 6.07 Å². The number of anilines is 2. The van der Waals surface area contributed by atoms with Gasteiger partial charge in [0.05, 0.1) is 66.7 Å². The molecule has 7 rings (SSSR count). The molecule has 8 N–H and O–H groups in total. The third-order valence-electron chi connectivity index (χ3n) is 15.8. The Bertz CT molecular complexity index is 2780. The lowest BCUT2D eigenvalue weighted by Crippen LogP contribution is -2.60. The number of aromatic nitrogens is 3. The standard InChI is InChI=1S/C58H84ClFN12O10/c1-6-58(5,12-24-81-26-13-62-49(74)35-67-16-18-68(36-50(75)76)20-22-70(38-52(79)80)23-21-69(19-17-67)37-51(77)78)82-25-11-57(3,4)31-48(73)64-44-33-72(34-44)56-53(55-65-46-8-7-41(59)30-47(46)66-55)54(71-14-9-43(61)10-15-71)45(32-63-56)40-27-39(2)28-42(60)29-40/h7-8,27-30,32,43-44H,6,9-26,31,33-38,61H2,1-5H3,(H,62,74)(H,64,73)(H,65,66)(H,75,76)(H,77,78)(H,79,80). The summed E-state index contributed by atoms with van der Waals surface area (Å²) < 4.78 is 27.5. The Morgan fingerprint density at radius 2 is 1.38 bits per heavy atom. The van der Waals surface area contributed by atoms with Crippen molar-refractivity contribution < 1.29 is 53.2 Å². The number of amides is 2. The van der Waals surface area contributed by atoms with Gasteiger partial charge in [-0.05, 0) is 92.8 Å². The topological polar surface area (TPSA) is 276 Å². The van der Waals surface area contributed by atoms with Gasteiger partial charge in [0.1, 0.15) is 17.5 Å². The smallest absolute Gasteiger partial charge is 0.317 e. The highest BCUT2D eigenvalue weighted by molar-refractivity contribution is 6.31. The number of imidazole rings is 1. The van der Waals surface area contributed by atoms with Crippen molar-refractivity contribution in [3.05, 3.63) is 59.0 Å². The van der Waals surface area contributed by atoms with Crippen molar-refractivity contribution >= 4 is 63.9 Å². The van der Waals surface area contributed by atoms with Gasteiger partial charge in [-0.1, -0.05) is 38.4 Å². The summed E-state index contributed by atoms with van der Waals surface area (Å²) in [5.74, 6) is -2.38. The molecule has 0 bridgehead atoms. The minimum absolute atomic E-state index is 0.0130. The molecule has 0 radical (unpaired) electrons. The van der Waals surface area contributed by atoms with Crippen LogP contribution in [0.5, 0.6) is 0 Å². The lowest BCUT2D eigenvalue weighted by atomic mass is 9.85. The first-order valence-corrected chi connectivity index (χ1v) is 29.0. The third kappa shape index (κ3) is 19.0. The van der Waals surface area contributed by atoms with Crippen LogP contribution < -0.4 is 26.2 Å². The summed E-state index contributed by atoms with van der Waals surface area (Å²) in [6.45, 7) is 15.7. The van der Waals surface area contributed by atoms with E-state index in [1.54, 1.807) is 20.8 Å². The molecule has 0 spiro atoms. The number of hydrogen-bond donors (Lipinski definition) is 7. The number of carboxylic acids is 3. The first-order chi connectivity index (χ1) is 39.0. The summed E-state index contributed by atoms with van der Waals surface area (Å²) in [4.78, 5) is 86.7. The number of nitrogens with one attached hydrogen (secondary N) is 3. The summed E-state index contributed by atoms with van der Waals surface area (Å²) in [6.07, 6.45) is 5.71. The minimum atomic E-state index is -1.03. The molecule has 3 saturated heterocycles. The molecule has 0 aliphatic carbocycles. The van der Waals surface area contributed by atoms with Gasteiger partial charge in [-0.2, -0.15) is 0 Å². The molecule has 5 heterocycles. The SMILES string of the molecule is CCC(C)(CCOCCNC(=O)CN1CCN(CC(=O)O)CCN(CC(=O)O)CCN(CC(=O)O)CC1)OCCC(C)(C)CC(=O)NC1CN(c2ncc(-c3cc(C)cc(F)c3)c(N3CCC(N)CC3)c2-c2nc3cc(Cl)ccc3[nH]2)C1. The van der Waals surface area contributed by atoms with Gasteiger partial charge in [0.15, 0.2) is 0 Å². The summed E-state index contributed by atoms with van der Waals surface area (Å²) >= 11 is 6.42. The van der Waals surface area contributed by atoms with Crippen LogP contribution in [0.25, 0.3) is 33.5 Å². The largest absolute Gasteiger partial charge is 0.480 e. The van der Waals surface area contributed by atoms with E-state index in [0.29, 0.717) is 113 Å². The van der Waals surface area contributed by atoms with Crippen molar-refractivity contribution in [3.63, 3.8) is 0 Å². The highest BCUT2D eigenvalue weighted by Gasteiger charge is 2.36. The number of H-pyrrole nitrogens is 1. The second-order valence-corrected chi connectivity index (χ2v) is 23.7. The normalized spacial score (nSPS) is 17.9. The van der Waals surface area contributed by atoms with Crippen molar-refractivity contribution in [1.29, 1.82) is 0 Å². The number of ether oxygens (including phenoxy) is 2. The van der Waals surface area contributed by atoms with Crippen molar-refractivity contribution in [2.45, 2.75) is 90.8 Å². The van der Waals surface area contributed by atoms with E-state index in [-0.39, 0.29) is 101 Å². The van der Waals surface area contributed by atoms with Crippen molar-refractivity contribution in [2.75, 3.05) is 141 Å². The average Bonchev–Trinajstić information content (AvgIpc) is 3.79. The van der Waals surface area contributed by atoms with Crippen molar-refractivity contribution in [1.82, 2.24) is 45.2 Å². The van der Waals surface area contributed by atoms with Crippen LogP contribution in [-0.4, -0.2) is 228 Å². The monoisotopic (exact) mass is 1160 g/mol. The lowest BCUT2D eigenvalue weighted by molar-refractivity contribution is -0.140. The maximum atomic E-state index is 15.1. The maximum Gasteiger partial charge on any atom is 0.317 e. The van der Waals surface area contributed by atoms with E-state index in [9.17, 15) is 39.3 Å². The number of carbonyl (C=O) groups excluding carboxylic acids is 2. The summed E-state index contributed by atoms with van der Waals surface area (Å²) in [5.41, 5.74) is 11.1. The molecular weight excluding hydrogens is 1080 g/mol. The van der Waals surface area contributed by atoms with Crippen molar-refractivity contribution in [3.8, 4) is 22.5 Å². The van der Waals surface area contributed by atoms with E-state index in [2.05, 4.69) is 46.2 Å². The summed E-state index contributed by atoms with van der Waals surface area (Å²) in [6, 6.07) is 10.5. The van der Waals surface area contributed by atoms with E-state index in [0.717, 1.165) is 47.2 Å². The molecule has 3 fully saturated rings. The highest BCUT2D eigenvalue weighted by Crippen LogP contribution is 2.46. The Hall–Kier alpha value is -6.05. The molecule has 2 aromatic heterocycles. The van der Waals surface area contributed by atoms with E-state index < -0.39 is 23.5 Å². The number of aliphatic carboxylic acids is 3. The molecule has 4 aromatic rings. The van der Waals surface area contributed by atoms with Gasteiger partial charge in [0.2, 0.25) is 11.8 Å². The fourth-order valence-electron chi connectivity index (χ4n) is 10.8. The Kier molecular flexibility index (Phi) is 22.8. The zero-order valence-corrected chi connectivity index (χ0v) is 48.9.